The van der Waals surface area contributed by atoms with Crippen molar-refractivity contribution in [2.75, 3.05) is 20.6 Å². The van der Waals surface area contributed by atoms with Gasteiger partial charge in [0, 0.05) is 23.9 Å². The van der Waals surface area contributed by atoms with Crippen LogP contribution in [0.5, 0.6) is 0 Å². The monoisotopic (exact) mass is 292 g/mol. The van der Waals surface area contributed by atoms with Gasteiger partial charge in [-0.15, -0.1) is 11.3 Å². The van der Waals surface area contributed by atoms with Crippen molar-refractivity contribution >= 4 is 11.3 Å². The standard InChI is InChI=1S/C16H24N2OS/c1-13(8-9-14-6-4-10-19-14)17-12-15(18(2)3)16-7-5-11-20-16/h4-7,10-11,13,15,17H,8-9,12H2,1-3H3. The maximum Gasteiger partial charge on any atom is 0.103 e. The van der Waals surface area contributed by atoms with Crippen LogP contribution in [-0.4, -0.2) is 31.6 Å². The van der Waals surface area contributed by atoms with Gasteiger partial charge in [-0.2, -0.15) is 0 Å². The van der Waals surface area contributed by atoms with Crippen LogP contribution in [0.1, 0.15) is 30.0 Å². The van der Waals surface area contributed by atoms with E-state index in [1.165, 1.54) is 4.88 Å². The molecule has 0 radical (unpaired) electrons. The van der Waals surface area contributed by atoms with E-state index in [1.807, 2.05) is 23.5 Å². The van der Waals surface area contributed by atoms with Gasteiger partial charge in [-0.25, -0.2) is 0 Å². The number of hydrogen-bond donors (Lipinski definition) is 1. The van der Waals surface area contributed by atoms with E-state index >= 15 is 0 Å². The number of likely N-dealkylation sites (N-methyl/N-ethyl adjacent to an activating group) is 1. The van der Waals surface area contributed by atoms with Gasteiger partial charge in [0.05, 0.1) is 12.3 Å². The van der Waals surface area contributed by atoms with E-state index in [0.29, 0.717) is 12.1 Å². The van der Waals surface area contributed by atoms with E-state index in [2.05, 4.69) is 48.7 Å². The molecule has 2 unspecified atom stereocenters. The number of aryl methyl sites for hydroxylation is 1. The van der Waals surface area contributed by atoms with Crippen molar-refractivity contribution < 1.29 is 4.42 Å². The first-order chi connectivity index (χ1) is 9.66. The molecule has 2 aromatic rings. The zero-order chi connectivity index (χ0) is 14.4. The minimum atomic E-state index is 0.445. The summed E-state index contributed by atoms with van der Waals surface area (Å²) in [6, 6.07) is 9.26. The van der Waals surface area contributed by atoms with Crippen LogP contribution < -0.4 is 5.32 Å². The van der Waals surface area contributed by atoms with Gasteiger partial charge < -0.3 is 14.6 Å². The van der Waals surface area contributed by atoms with Crippen molar-refractivity contribution in [2.45, 2.75) is 31.8 Å². The summed E-state index contributed by atoms with van der Waals surface area (Å²) in [6.07, 6.45) is 3.83. The summed E-state index contributed by atoms with van der Waals surface area (Å²) in [5, 5.41) is 5.78. The third-order valence-electron chi connectivity index (χ3n) is 3.56. The van der Waals surface area contributed by atoms with Gasteiger partial charge in [0.1, 0.15) is 5.76 Å². The van der Waals surface area contributed by atoms with Gasteiger partial charge in [0.25, 0.3) is 0 Å². The minimum absolute atomic E-state index is 0.445. The first-order valence-electron chi connectivity index (χ1n) is 7.12. The smallest absolute Gasteiger partial charge is 0.103 e. The zero-order valence-corrected chi connectivity index (χ0v) is 13.3. The van der Waals surface area contributed by atoms with Gasteiger partial charge in [-0.3, -0.25) is 0 Å². The van der Waals surface area contributed by atoms with Gasteiger partial charge in [0.2, 0.25) is 0 Å². The molecule has 2 aromatic heterocycles. The molecule has 20 heavy (non-hydrogen) atoms. The molecule has 0 amide bonds. The molecule has 0 saturated carbocycles. The molecule has 0 aromatic carbocycles. The predicted octanol–water partition coefficient (Wildman–Crippen LogP) is 3.55. The van der Waals surface area contributed by atoms with E-state index in [4.69, 9.17) is 4.42 Å². The molecule has 0 bridgehead atoms. The van der Waals surface area contributed by atoms with Crippen LogP contribution >= 0.6 is 11.3 Å². The molecule has 2 heterocycles. The Morgan fingerprint density at radius 1 is 1.30 bits per heavy atom. The van der Waals surface area contributed by atoms with Crippen molar-refractivity contribution in [1.29, 1.82) is 0 Å². The van der Waals surface area contributed by atoms with Crippen LogP contribution in [-0.2, 0) is 6.42 Å². The van der Waals surface area contributed by atoms with E-state index in [1.54, 1.807) is 6.26 Å². The molecule has 2 rings (SSSR count). The molecule has 3 nitrogen and oxygen atoms in total. The fraction of sp³-hybridized carbons (Fsp3) is 0.500. The second-order valence-corrected chi connectivity index (χ2v) is 6.40. The molecule has 1 N–H and O–H groups in total. The molecule has 4 heteroatoms. The lowest BCUT2D eigenvalue weighted by Gasteiger charge is -2.25. The number of hydrogen-bond acceptors (Lipinski definition) is 4. The number of furan rings is 1. The van der Waals surface area contributed by atoms with Crippen molar-refractivity contribution in [3.8, 4) is 0 Å². The Balaban J connectivity index is 1.77. The third kappa shape index (κ3) is 4.47. The molecule has 0 saturated heterocycles. The number of thiophene rings is 1. The fourth-order valence-corrected chi connectivity index (χ4v) is 3.17. The average molecular weight is 292 g/mol. The summed E-state index contributed by atoms with van der Waals surface area (Å²) < 4.78 is 5.37. The third-order valence-corrected chi connectivity index (χ3v) is 4.53. The van der Waals surface area contributed by atoms with E-state index in [0.717, 1.165) is 25.1 Å². The maximum absolute atomic E-state index is 5.37. The SMILES string of the molecule is CC(CCc1ccco1)NCC(c1cccs1)N(C)C. The van der Waals surface area contributed by atoms with Crippen LogP contribution in [0.15, 0.2) is 40.3 Å². The minimum Gasteiger partial charge on any atom is -0.469 e. The Morgan fingerprint density at radius 2 is 2.15 bits per heavy atom. The van der Waals surface area contributed by atoms with Crippen LogP contribution in [0.3, 0.4) is 0 Å². The molecular weight excluding hydrogens is 268 g/mol. The maximum atomic E-state index is 5.37. The molecular formula is C16H24N2OS. The highest BCUT2D eigenvalue weighted by atomic mass is 32.1. The second kappa shape index (κ2) is 7.62. The first kappa shape index (κ1) is 15.3. The summed E-state index contributed by atoms with van der Waals surface area (Å²) >= 11 is 1.83. The van der Waals surface area contributed by atoms with E-state index < -0.39 is 0 Å². The van der Waals surface area contributed by atoms with Crippen LogP contribution in [0.25, 0.3) is 0 Å². The Hall–Kier alpha value is -1.10. The lowest BCUT2D eigenvalue weighted by Crippen LogP contribution is -2.35. The van der Waals surface area contributed by atoms with E-state index in [-0.39, 0.29) is 0 Å². The summed E-state index contributed by atoms with van der Waals surface area (Å²) in [4.78, 5) is 3.69. The summed E-state index contributed by atoms with van der Waals surface area (Å²) in [6.45, 7) is 3.22. The molecule has 0 fully saturated rings. The summed E-state index contributed by atoms with van der Waals surface area (Å²) in [5.41, 5.74) is 0. The number of nitrogens with zero attached hydrogens (tertiary/aromatic N) is 1. The average Bonchev–Trinajstić information content (AvgIpc) is 3.09. The second-order valence-electron chi connectivity index (χ2n) is 5.42. The molecule has 110 valence electrons. The van der Waals surface area contributed by atoms with Crippen LogP contribution in [0.4, 0.5) is 0 Å². The van der Waals surface area contributed by atoms with Gasteiger partial charge in [-0.05, 0) is 51.0 Å². The highest BCUT2D eigenvalue weighted by Crippen LogP contribution is 2.22. The highest BCUT2D eigenvalue weighted by Gasteiger charge is 2.15. The molecule has 0 aliphatic rings. The normalized spacial score (nSPS) is 14.6. The topological polar surface area (TPSA) is 28.4 Å². The van der Waals surface area contributed by atoms with Crippen molar-refractivity contribution in [3.63, 3.8) is 0 Å². The Labute approximate surface area is 125 Å². The summed E-state index contributed by atoms with van der Waals surface area (Å²) in [7, 11) is 4.28. The van der Waals surface area contributed by atoms with Gasteiger partial charge >= 0.3 is 0 Å². The first-order valence-corrected chi connectivity index (χ1v) is 8.00. The van der Waals surface area contributed by atoms with Gasteiger partial charge in [0.15, 0.2) is 0 Å². The molecule has 0 spiro atoms. The molecule has 2 atom stereocenters. The highest BCUT2D eigenvalue weighted by molar-refractivity contribution is 7.10. The van der Waals surface area contributed by atoms with Crippen LogP contribution in [0.2, 0.25) is 0 Å². The fourth-order valence-electron chi connectivity index (χ4n) is 2.25. The number of rotatable bonds is 8. The van der Waals surface area contributed by atoms with Crippen LogP contribution in [0, 0.1) is 0 Å². The largest absolute Gasteiger partial charge is 0.469 e. The van der Waals surface area contributed by atoms with E-state index in [9.17, 15) is 0 Å². The van der Waals surface area contributed by atoms with Crippen molar-refractivity contribution in [3.05, 3.63) is 46.5 Å². The van der Waals surface area contributed by atoms with Crippen molar-refractivity contribution in [2.24, 2.45) is 0 Å². The quantitative estimate of drug-likeness (QED) is 0.806. The Morgan fingerprint density at radius 3 is 2.75 bits per heavy atom. The Kier molecular flexibility index (Phi) is 5.83. The lowest BCUT2D eigenvalue weighted by atomic mass is 10.1. The predicted molar refractivity (Wildman–Crippen MR) is 85.2 cm³/mol. The lowest BCUT2D eigenvalue weighted by molar-refractivity contribution is 0.282. The summed E-state index contributed by atoms with van der Waals surface area (Å²) in [5.74, 6) is 1.07. The van der Waals surface area contributed by atoms with Crippen molar-refractivity contribution in [1.82, 2.24) is 10.2 Å². The molecule has 0 aliphatic carbocycles. The Bertz CT molecular complexity index is 465. The molecule has 0 aliphatic heterocycles. The van der Waals surface area contributed by atoms with Gasteiger partial charge in [-0.1, -0.05) is 6.07 Å². The number of nitrogens with one attached hydrogen (secondary N) is 1. The zero-order valence-electron chi connectivity index (χ0n) is 12.5.